The smallest absolute Gasteiger partial charge is 0.221 e. The number of nitrogens with zero attached hydrogens (tertiary/aromatic N) is 2. The minimum atomic E-state index is -0.618. The van der Waals surface area contributed by atoms with E-state index < -0.39 is 6.04 Å². The van der Waals surface area contributed by atoms with Gasteiger partial charge in [0.25, 0.3) is 0 Å². The van der Waals surface area contributed by atoms with Gasteiger partial charge in [-0.05, 0) is 12.1 Å². The van der Waals surface area contributed by atoms with Crippen LogP contribution in [0.15, 0.2) is 28.7 Å². The van der Waals surface area contributed by atoms with Crippen molar-refractivity contribution in [3.8, 4) is 0 Å². The first kappa shape index (κ1) is 10.6. The van der Waals surface area contributed by atoms with Gasteiger partial charge in [-0.2, -0.15) is 0 Å². The molecule has 0 bridgehead atoms. The van der Waals surface area contributed by atoms with Crippen LogP contribution in [0.5, 0.6) is 0 Å². The second-order valence-corrected chi connectivity index (χ2v) is 3.63. The Hall–Kier alpha value is -1.91. The fraction of sp³-hybridized carbons (Fsp3) is 0.364. The number of oxazole rings is 1. The van der Waals surface area contributed by atoms with E-state index in [9.17, 15) is 10.1 Å². The number of hydrogen-bond donors (Lipinski definition) is 0. The number of para-hydroxylation sites is 2. The Morgan fingerprint density at radius 2 is 2.25 bits per heavy atom. The molecule has 5 heteroatoms. The molecule has 0 fully saturated rings. The molecule has 2 aromatic rings. The molecule has 0 amide bonds. The van der Waals surface area contributed by atoms with E-state index in [0.717, 1.165) is 5.52 Å². The highest BCUT2D eigenvalue weighted by Crippen LogP contribution is 2.16. The maximum atomic E-state index is 10.7. The molecule has 1 aromatic carbocycles. The van der Waals surface area contributed by atoms with E-state index in [1.807, 2.05) is 18.2 Å². The SMILES string of the molecule is CCC(Cc1nc2ccccc2o1)[N+](=O)[O-]. The molecule has 0 radical (unpaired) electrons. The van der Waals surface area contributed by atoms with E-state index in [1.54, 1.807) is 13.0 Å². The Morgan fingerprint density at radius 3 is 2.88 bits per heavy atom. The third-order valence-corrected chi connectivity index (χ3v) is 2.52. The van der Waals surface area contributed by atoms with Gasteiger partial charge in [0.1, 0.15) is 5.52 Å². The summed E-state index contributed by atoms with van der Waals surface area (Å²) in [6.45, 7) is 1.79. The molecule has 1 aromatic heterocycles. The summed E-state index contributed by atoms with van der Waals surface area (Å²) in [5, 5.41) is 10.7. The highest BCUT2D eigenvalue weighted by Gasteiger charge is 2.21. The summed E-state index contributed by atoms with van der Waals surface area (Å²) in [6, 6.07) is 6.73. The topological polar surface area (TPSA) is 69.2 Å². The summed E-state index contributed by atoms with van der Waals surface area (Å²) in [5.41, 5.74) is 1.42. The molecule has 0 saturated heterocycles. The average Bonchev–Trinajstić information content (AvgIpc) is 2.67. The van der Waals surface area contributed by atoms with Gasteiger partial charge in [0, 0.05) is 11.3 Å². The first-order valence-corrected chi connectivity index (χ1v) is 5.18. The molecule has 2 rings (SSSR count). The van der Waals surface area contributed by atoms with Crippen LogP contribution in [-0.4, -0.2) is 15.9 Å². The van der Waals surface area contributed by atoms with Gasteiger partial charge in [0.2, 0.25) is 11.9 Å². The van der Waals surface area contributed by atoms with Crippen molar-refractivity contribution in [1.82, 2.24) is 4.98 Å². The van der Waals surface area contributed by atoms with Crippen LogP contribution in [0, 0.1) is 10.1 Å². The van der Waals surface area contributed by atoms with E-state index >= 15 is 0 Å². The maximum absolute atomic E-state index is 10.7. The van der Waals surface area contributed by atoms with Crippen molar-refractivity contribution in [3.63, 3.8) is 0 Å². The molecule has 1 unspecified atom stereocenters. The summed E-state index contributed by atoms with van der Waals surface area (Å²) < 4.78 is 5.43. The minimum Gasteiger partial charge on any atom is -0.440 e. The van der Waals surface area contributed by atoms with Crippen LogP contribution in [0.25, 0.3) is 11.1 Å². The molecule has 0 saturated carbocycles. The predicted molar refractivity (Wildman–Crippen MR) is 58.8 cm³/mol. The van der Waals surface area contributed by atoms with Crippen molar-refractivity contribution in [1.29, 1.82) is 0 Å². The van der Waals surface area contributed by atoms with Gasteiger partial charge in [-0.1, -0.05) is 19.1 Å². The lowest BCUT2D eigenvalue weighted by molar-refractivity contribution is -0.522. The maximum Gasteiger partial charge on any atom is 0.221 e. The van der Waals surface area contributed by atoms with Crippen LogP contribution in [0.3, 0.4) is 0 Å². The van der Waals surface area contributed by atoms with Gasteiger partial charge in [-0.25, -0.2) is 4.98 Å². The lowest BCUT2D eigenvalue weighted by Crippen LogP contribution is -2.21. The molecular weight excluding hydrogens is 208 g/mol. The zero-order valence-corrected chi connectivity index (χ0v) is 8.92. The second kappa shape index (κ2) is 4.30. The van der Waals surface area contributed by atoms with Crippen molar-refractivity contribution in [2.75, 3.05) is 0 Å². The number of fused-ring (bicyclic) bond motifs is 1. The summed E-state index contributed by atoms with van der Waals surface area (Å²) >= 11 is 0. The first-order chi connectivity index (χ1) is 7.70. The molecule has 0 aliphatic carbocycles. The van der Waals surface area contributed by atoms with Gasteiger partial charge in [0.15, 0.2) is 5.58 Å². The van der Waals surface area contributed by atoms with Gasteiger partial charge in [-0.15, -0.1) is 0 Å². The summed E-state index contributed by atoms with van der Waals surface area (Å²) in [4.78, 5) is 14.6. The van der Waals surface area contributed by atoms with Crippen LogP contribution in [0.2, 0.25) is 0 Å². The molecular formula is C11H12N2O3. The Morgan fingerprint density at radius 1 is 1.50 bits per heavy atom. The zero-order chi connectivity index (χ0) is 11.5. The van der Waals surface area contributed by atoms with Gasteiger partial charge in [0.05, 0.1) is 6.42 Å². The highest BCUT2D eigenvalue weighted by atomic mass is 16.6. The molecule has 0 aliphatic heterocycles. The number of benzene rings is 1. The lowest BCUT2D eigenvalue weighted by Gasteiger charge is -2.02. The zero-order valence-electron chi connectivity index (χ0n) is 8.92. The van der Waals surface area contributed by atoms with E-state index in [0.29, 0.717) is 17.9 Å². The average molecular weight is 220 g/mol. The van der Waals surface area contributed by atoms with Crippen molar-refractivity contribution >= 4 is 11.1 Å². The number of hydrogen-bond acceptors (Lipinski definition) is 4. The van der Waals surface area contributed by atoms with E-state index in [1.165, 1.54) is 0 Å². The summed E-state index contributed by atoms with van der Waals surface area (Å²) in [5.74, 6) is 0.435. The first-order valence-electron chi connectivity index (χ1n) is 5.18. The molecule has 1 atom stereocenters. The lowest BCUT2D eigenvalue weighted by atomic mass is 10.2. The third kappa shape index (κ3) is 2.03. The molecule has 84 valence electrons. The van der Waals surface area contributed by atoms with Crippen LogP contribution in [-0.2, 0) is 6.42 Å². The molecule has 16 heavy (non-hydrogen) atoms. The molecule has 0 spiro atoms. The Bertz CT molecular complexity index is 474. The predicted octanol–water partition coefficient (Wildman–Crippen LogP) is 2.43. The normalized spacial score (nSPS) is 12.8. The number of aromatic nitrogens is 1. The number of rotatable bonds is 4. The summed E-state index contributed by atoms with van der Waals surface area (Å²) in [6.07, 6.45) is 0.726. The van der Waals surface area contributed by atoms with E-state index in [2.05, 4.69) is 4.98 Å². The highest BCUT2D eigenvalue weighted by molar-refractivity contribution is 5.72. The molecule has 5 nitrogen and oxygen atoms in total. The quantitative estimate of drug-likeness (QED) is 0.586. The minimum absolute atomic E-state index is 0.248. The Labute approximate surface area is 92.2 Å². The van der Waals surface area contributed by atoms with Crippen molar-refractivity contribution < 1.29 is 9.34 Å². The van der Waals surface area contributed by atoms with Crippen LogP contribution >= 0.6 is 0 Å². The standard InChI is InChI=1S/C11H12N2O3/c1-2-8(13(14)15)7-11-12-9-5-3-4-6-10(9)16-11/h3-6,8H,2,7H2,1H3. The fourth-order valence-corrected chi connectivity index (χ4v) is 1.58. The summed E-state index contributed by atoms with van der Waals surface area (Å²) in [7, 11) is 0. The Balaban J connectivity index is 2.24. The molecule has 1 heterocycles. The Kier molecular flexibility index (Phi) is 2.85. The van der Waals surface area contributed by atoms with Crippen molar-refractivity contribution in [2.45, 2.75) is 25.8 Å². The monoisotopic (exact) mass is 220 g/mol. The fourth-order valence-electron chi connectivity index (χ4n) is 1.58. The number of nitro groups is 1. The third-order valence-electron chi connectivity index (χ3n) is 2.52. The van der Waals surface area contributed by atoms with Crippen LogP contribution in [0.4, 0.5) is 0 Å². The largest absolute Gasteiger partial charge is 0.440 e. The second-order valence-electron chi connectivity index (χ2n) is 3.63. The van der Waals surface area contributed by atoms with E-state index in [-0.39, 0.29) is 11.3 Å². The van der Waals surface area contributed by atoms with Crippen LogP contribution < -0.4 is 0 Å². The van der Waals surface area contributed by atoms with Gasteiger partial charge in [-0.3, -0.25) is 10.1 Å². The molecule has 0 aliphatic rings. The van der Waals surface area contributed by atoms with Crippen molar-refractivity contribution in [3.05, 3.63) is 40.3 Å². The van der Waals surface area contributed by atoms with E-state index in [4.69, 9.17) is 4.42 Å². The molecule has 0 N–H and O–H groups in total. The van der Waals surface area contributed by atoms with Crippen molar-refractivity contribution in [2.24, 2.45) is 0 Å². The van der Waals surface area contributed by atoms with Gasteiger partial charge >= 0.3 is 0 Å². The van der Waals surface area contributed by atoms with Crippen LogP contribution in [0.1, 0.15) is 19.2 Å². The van der Waals surface area contributed by atoms with Gasteiger partial charge < -0.3 is 4.42 Å².